The molecule has 0 aliphatic carbocycles. The molecule has 17 heavy (non-hydrogen) atoms. The van der Waals surface area contributed by atoms with E-state index < -0.39 is 17.7 Å². The van der Waals surface area contributed by atoms with Gasteiger partial charge in [-0.1, -0.05) is 6.07 Å². The molecule has 0 bridgehead atoms. The zero-order chi connectivity index (χ0) is 12.5. The quantitative estimate of drug-likeness (QED) is 0.841. The van der Waals surface area contributed by atoms with E-state index in [-0.39, 0.29) is 11.1 Å². The summed E-state index contributed by atoms with van der Waals surface area (Å²) < 4.78 is 41.5. The van der Waals surface area contributed by atoms with Crippen LogP contribution < -0.4 is 5.32 Å². The molecular formula is C13H16F3N. The van der Waals surface area contributed by atoms with Crippen LogP contribution in [0, 0.1) is 18.7 Å². The van der Waals surface area contributed by atoms with Crippen molar-refractivity contribution in [3.05, 3.63) is 35.1 Å². The number of hydrogen-bond acceptors (Lipinski definition) is 1. The summed E-state index contributed by atoms with van der Waals surface area (Å²) in [7, 11) is 0. The fourth-order valence-electron chi connectivity index (χ4n) is 2.25. The maximum atomic E-state index is 14.2. The van der Waals surface area contributed by atoms with Crippen LogP contribution in [0.5, 0.6) is 0 Å². The predicted molar refractivity (Wildman–Crippen MR) is 60.6 cm³/mol. The highest BCUT2D eigenvalue weighted by Crippen LogP contribution is 2.39. The first-order valence-electron chi connectivity index (χ1n) is 5.87. The first kappa shape index (κ1) is 12.4. The molecular weight excluding hydrogens is 227 g/mol. The topological polar surface area (TPSA) is 12.0 Å². The van der Waals surface area contributed by atoms with Crippen molar-refractivity contribution in [1.29, 1.82) is 0 Å². The van der Waals surface area contributed by atoms with Gasteiger partial charge in [-0.3, -0.25) is 0 Å². The van der Waals surface area contributed by atoms with E-state index in [4.69, 9.17) is 0 Å². The Kier molecular flexibility index (Phi) is 3.43. The van der Waals surface area contributed by atoms with Gasteiger partial charge < -0.3 is 5.32 Å². The van der Waals surface area contributed by atoms with Crippen LogP contribution in [0.4, 0.5) is 13.2 Å². The van der Waals surface area contributed by atoms with Crippen molar-refractivity contribution in [2.45, 2.75) is 25.7 Å². The van der Waals surface area contributed by atoms with Gasteiger partial charge in [0.2, 0.25) is 0 Å². The summed E-state index contributed by atoms with van der Waals surface area (Å²) in [5.41, 5.74) is 0.191. The Morgan fingerprint density at radius 3 is 2.71 bits per heavy atom. The summed E-state index contributed by atoms with van der Waals surface area (Å²) in [5.74, 6) is -4.02. The molecule has 1 heterocycles. The summed E-state index contributed by atoms with van der Waals surface area (Å²) in [4.78, 5) is 0. The van der Waals surface area contributed by atoms with Gasteiger partial charge in [0.05, 0.1) is 0 Å². The van der Waals surface area contributed by atoms with E-state index in [9.17, 15) is 13.2 Å². The summed E-state index contributed by atoms with van der Waals surface area (Å²) in [6.07, 6.45) is 1.27. The van der Waals surface area contributed by atoms with Crippen LogP contribution in [0.15, 0.2) is 18.2 Å². The fraction of sp³-hybridized carbons (Fsp3) is 0.538. The SMILES string of the molecule is Cc1cc(C(F)(F)C2CCCNC2)ccc1F. The van der Waals surface area contributed by atoms with Crippen LogP contribution in [0.2, 0.25) is 0 Å². The maximum absolute atomic E-state index is 14.2. The zero-order valence-corrected chi connectivity index (χ0v) is 9.77. The first-order chi connectivity index (χ1) is 8.01. The maximum Gasteiger partial charge on any atom is 0.277 e. The van der Waals surface area contributed by atoms with E-state index in [0.717, 1.165) is 19.0 Å². The Hall–Kier alpha value is -1.03. The molecule has 0 radical (unpaired) electrons. The van der Waals surface area contributed by atoms with E-state index in [2.05, 4.69) is 5.32 Å². The van der Waals surface area contributed by atoms with Crippen molar-refractivity contribution in [2.24, 2.45) is 5.92 Å². The number of aryl methyl sites for hydroxylation is 1. The Balaban J connectivity index is 2.26. The van der Waals surface area contributed by atoms with Gasteiger partial charge in [0.1, 0.15) is 5.82 Å². The molecule has 1 saturated heterocycles. The summed E-state index contributed by atoms with van der Waals surface area (Å²) in [6.45, 7) is 2.63. The monoisotopic (exact) mass is 243 g/mol. The average molecular weight is 243 g/mol. The van der Waals surface area contributed by atoms with Crippen LogP contribution in [-0.4, -0.2) is 13.1 Å². The molecule has 2 rings (SSSR count). The lowest BCUT2D eigenvalue weighted by Crippen LogP contribution is -2.39. The molecule has 1 fully saturated rings. The van der Waals surface area contributed by atoms with Gasteiger partial charge >= 0.3 is 0 Å². The van der Waals surface area contributed by atoms with Crippen LogP contribution in [0.1, 0.15) is 24.0 Å². The number of piperidine rings is 1. The number of hydrogen-bond donors (Lipinski definition) is 1. The van der Waals surface area contributed by atoms with Crippen molar-refractivity contribution in [2.75, 3.05) is 13.1 Å². The summed E-state index contributed by atoms with van der Waals surface area (Å²) in [6, 6.07) is 3.57. The molecule has 1 aromatic rings. The molecule has 0 amide bonds. The molecule has 1 aromatic carbocycles. The molecule has 0 spiro atoms. The van der Waals surface area contributed by atoms with Gasteiger partial charge in [-0.05, 0) is 44.0 Å². The molecule has 1 nitrogen and oxygen atoms in total. The van der Waals surface area contributed by atoms with E-state index in [1.165, 1.54) is 19.1 Å². The van der Waals surface area contributed by atoms with Gasteiger partial charge in [-0.2, -0.15) is 0 Å². The third-order valence-electron chi connectivity index (χ3n) is 3.35. The standard InChI is InChI=1S/C13H16F3N/c1-9-7-10(4-5-12(9)14)13(15,16)11-3-2-6-17-8-11/h4-5,7,11,17H,2-3,6,8H2,1H3. The minimum atomic E-state index is -2.88. The highest BCUT2D eigenvalue weighted by atomic mass is 19.3. The zero-order valence-electron chi connectivity index (χ0n) is 9.77. The second kappa shape index (κ2) is 4.69. The Morgan fingerprint density at radius 1 is 1.35 bits per heavy atom. The highest BCUT2D eigenvalue weighted by Gasteiger charge is 2.41. The van der Waals surface area contributed by atoms with Crippen molar-refractivity contribution >= 4 is 0 Å². The van der Waals surface area contributed by atoms with Gasteiger partial charge in [0.15, 0.2) is 0 Å². The van der Waals surface area contributed by atoms with Gasteiger partial charge in [0, 0.05) is 18.0 Å². The smallest absolute Gasteiger partial charge is 0.277 e. The molecule has 4 heteroatoms. The van der Waals surface area contributed by atoms with Crippen LogP contribution in [-0.2, 0) is 5.92 Å². The number of rotatable bonds is 2. The van der Waals surface area contributed by atoms with Gasteiger partial charge in [-0.15, -0.1) is 0 Å². The normalized spacial score (nSPS) is 21.5. The second-order valence-corrected chi connectivity index (χ2v) is 4.63. The van der Waals surface area contributed by atoms with Crippen molar-refractivity contribution in [3.63, 3.8) is 0 Å². The molecule has 1 atom stereocenters. The lowest BCUT2D eigenvalue weighted by Gasteiger charge is -2.31. The largest absolute Gasteiger partial charge is 0.316 e. The van der Waals surface area contributed by atoms with Crippen LogP contribution >= 0.6 is 0 Å². The Morgan fingerprint density at radius 2 is 2.12 bits per heavy atom. The van der Waals surface area contributed by atoms with Gasteiger partial charge in [-0.25, -0.2) is 13.2 Å². The van der Waals surface area contributed by atoms with E-state index in [0.29, 0.717) is 13.0 Å². The highest BCUT2D eigenvalue weighted by molar-refractivity contribution is 5.28. The number of nitrogens with one attached hydrogen (secondary N) is 1. The lowest BCUT2D eigenvalue weighted by atomic mass is 9.88. The third kappa shape index (κ3) is 2.46. The molecule has 1 aliphatic heterocycles. The molecule has 94 valence electrons. The summed E-state index contributed by atoms with van der Waals surface area (Å²) >= 11 is 0. The fourth-order valence-corrected chi connectivity index (χ4v) is 2.25. The first-order valence-corrected chi connectivity index (χ1v) is 5.87. The minimum absolute atomic E-state index is 0.0786. The predicted octanol–water partition coefficient (Wildman–Crippen LogP) is 3.23. The van der Waals surface area contributed by atoms with Gasteiger partial charge in [0.25, 0.3) is 5.92 Å². The van der Waals surface area contributed by atoms with E-state index >= 15 is 0 Å². The lowest BCUT2D eigenvalue weighted by molar-refractivity contribution is -0.0725. The number of halogens is 3. The molecule has 0 saturated carbocycles. The third-order valence-corrected chi connectivity index (χ3v) is 3.35. The van der Waals surface area contributed by atoms with Crippen molar-refractivity contribution < 1.29 is 13.2 Å². The number of alkyl halides is 2. The van der Waals surface area contributed by atoms with E-state index in [1.54, 1.807) is 0 Å². The second-order valence-electron chi connectivity index (χ2n) is 4.63. The minimum Gasteiger partial charge on any atom is -0.316 e. The molecule has 1 aliphatic rings. The Bertz CT molecular complexity index is 398. The molecule has 0 aromatic heterocycles. The van der Waals surface area contributed by atoms with E-state index in [1.807, 2.05) is 0 Å². The number of benzene rings is 1. The van der Waals surface area contributed by atoms with Crippen molar-refractivity contribution in [1.82, 2.24) is 5.32 Å². The average Bonchev–Trinajstić information content (AvgIpc) is 2.33. The Labute approximate surface area is 99.0 Å². The summed E-state index contributed by atoms with van der Waals surface area (Å²) in [5, 5.41) is 2.98. The van der Waals surface area contributed by atoms with Crippen LogP contribution in [0.25, 0.3) is 0 Å². The van der Waals surface area contributed by atoms with Crippen LogP contribution in [0.3, 0.4) is 0 Å². The molecule has 1 N–H and O–H groups in total. The van der Waals surface area contributed by atoms with Crippen molar-refractivity contribution in [3.8, 4) is 0 Å². The molecule has 1 unspecified atom stereocenters.